The number of amides is 2. The van der Waals surface area contributed by atoms with Crippen LogP contribution < -0.4 is 5.32 Å². The number of rotatable bonds is 6. The lowest BCUT2D eigenvalue weighted by molar-refractivity contribution is -0.128. The van der Waals surface area contributed by atoms with Crippen molar-refractivity contribution < 1.29 is 22.8 Å². The quantitative estimate of drug-likeness (QED) is 0.818. The van der Waals surface area contributed by atoms with Gasteiger partial charge < -0.3 is 10.2 Å². The molecule has 7 heteroatoms. The molecule has 1 N–H and O–H groups in total. The minimum atomic E-state index is -1.68. The predicted molar refractivity (Wildman–Crippen MR) is 71.2 cm³/mol. The van der Waals surface area contributed by atoms with E-state index in [1.807, 2.05) is 6.92 Å². The van der Waals surface area contributed by atoms with E-state index in [0.29, 0.717) is 12.6 Å². The highest BCUT2D eigenvalue weighted by atomic mass is 19.2. The van der Waals surface area contributed by atoms with Gasteiger partial charge in [-0.3, -0.25) is 9.59 Å². The van der Waals surface area contributed by atoms with Gasteiger partial charge in [-0.2, -0.15) is 0 Å². The maximum atomic E-state index is 13.4. The van der Waals surface area contributed by atoms with Crippen LogP contribution in [0.5, 0.6) is 0 Å². The Morgan fingerprint density at radius 2 is 1.81 bits per heavy atom. The first-order valence-electron chi connectivity index (χ1n) is 6.55. The van der Waals surface area contributed by atoms with Crippen LogP contribution >= 0.6 is 0 Å². The molecule has 4 nitrogen and oxygen atoms in total. The van der Waals surface area contributed by atoms with Crippen molar-refractivity contribution in [1.82, 2.24) is 10.2 Å². The Hall–Kier alpha value is -2.05. The molecule has 0 heterocycles. The molecule has 116 valence electrons. The van der Waals surface area contributed by atoms with Crippen molar-refractivity contribution in [3.63, 3.8) is 0 Å². The van der Waals surface area contributed by atoms with Crippen LogP contribution in [0.1, 0.15) is 30.6 Å². The molecule has 0 aliphatic carbocycles. The zero-order valence-corrected chi connectivity index (χ0v) is 11.9. The van der Waals surface area contributed by atoms with Crippen LogP contribution in [0.3, 0.4) is 0 Å². The molecule has 0 aliphatic heterocycles. The van der Waals surface area contributed by atoms with Gasteiger partial charge in [0.1, 0.15) is 0 Å². The third-order valence-electron chi connectivity index (χ3n) is 2.89. The average molecular weight is 302 g/mol. The topological polar surface area (TPSA) is 49.4 Å². The fourth-order valence-electron chi connectivity index (χ4n) is 1.80. The summed E-state index contributed by atoms with van der Waals surface area (Å²) in [6, 6.07) is 1.56. The minimum absolute atomic E-state index is 0.0941. The normalized spacial score (nSPS) is 10.3. The first-order valence-corrected chi connectivity index (χ1v) is 6.55. The van der Waals surface area contributed by atoms with Crippen LogP contribution in [0.15, 0.2) is 12.1 Å². The number of hydrogen-bond acceptors (Lipinski definition) is 2. The van der Waals surface area contributed by atoms with Crippen LogP contribution in [-0.2, 0) is 4.79 Å². The maximum Gasteiger partial charge on any atom is 0.254 e. The van der Waals surface area contributed by atoms with Crippen molar-refractivity contribution in [2.45, 2.75) is 20.3 Å². The van der Waals surface area contributed by atoms with Crippen LogP contribution in [0.2, 0.25) is 0 Å². The van der Waals surface area contributed by atoms with E-state index in [2.05, 4.69) is 5.32 Å². The Balaban J connectivity index is 2.62. The standard InChI is InChI=1S/C14H17F3N2O2/c1-3-7-19(9(2)20)8-6-18-14(21)10-4-5-11(15)13(17)12(10)16/h4-5H,3,6-8H2,1-2H3,(H,18,21). The molecule has 1 aromatic rings. The SMILES string of the molecule is CCCN(CCNC(=O)c1ccc(F)c(F)c1F)C(C)=O. The first kappa shape index (κ1) is 17.0. The summed E-state index contributed by atoms with van der Waals surface area (Å²) in [7, 11) is 0. The van der Waals surface area contributed by atoms with Gasteiger partial charge in [0.05, 0.1) is 5.56 Å². The number of halogens is 3. The van der Waals surface area contributed by atoms with Crippen molar-refractivity contribution in [1.29, 1.82) is 0 Å². The molecular formula is C14H17F3N2O2. The summed E-state index contributed by atoms with van der Waals surface area (Å²) in [5.41, 5.74) is -0.571. The number of carbonyl (C=O) groups excluding carboxylic acids is 2. The van der Waals surface area contributed by atoms with Crippen LogP contribution in [0, 0.1) is 17.5 Å². The van der Waals surface area contributed by atoms with Gasteiger partial charge >= 0.3 is 0 Å². The summed E-state index contributed by atoms with van der Waals surface area (Å²) < 4.78 is 39.2. The summed E-state index contributed by atoms with van der Waals surface area (Å²) in [5.74, 6) is -5.55. The summed E-state index contributed by atoms with van der Waals surface area (Å²) in [4.78, 5) is 24.5. The van der Waals surface area contributed by atoms with Crippen molar-refractivity contribution in [2.75, 3.05) is 19.6 Å². The van der Waals surface area contributed by atoms with Gasteiger partial charge in [-0.25, -0.2) is 13.2 Å². The molecule has 1 aromatic carbocycles. The zero-order valence-electron chi connectivity index (χ0n) is 11.9. The third-order valence-corrected chi connectivity index (χ3v) is 2.89. The number of nitrogens with one attached hydrogen (secondary N) is 1. The maximum absolute atomic E-state index is 13.4. The van der Waals surface area contributed by atoms with E-state index in [1.54, 1.807) is 0 Å². The van der Waals surface area contributed by atoms with Crippen molar-refractivity contribution in [3.8, 4) is 0 Å². The van der Waals surface area contributed by atoms with Gasteiger partial charge in [-0.15, -0.1) is 0 Å². The van der Waals surface area contributed by atoms with E-state index in [1.165, 1.54) is 11.8 Å². The summed E-state index contributed by atoms with van der Waals surface area (Å²) in [6.45, 7) is 4.22. The Kier molecular flexibility index (Phi) is 6.20. The smallest absolute Gasteiger partial charge is 0.254 e. The Morgan fingerprint density at radius 3 is 2.38 bits per heavy atom. The summed E-state index contributed by atoms with van der Waals surface area (Å²) >= 11 is 0. The summed E-state index contributed by atoms with van der Waals surface area (Å²) in [5, 5.41) is 2.37. The second kappa shape index (κ2) is 7.66. The molecule has 0 bridgehead atoms. The van der Waals surface area contributed by atoms with Crippen molar-refractivity contribution in [2.24, 2.45) is 0 Å². The summed E-state index contributed by atoms with van der Waals surface area (Å²) in [6.07, 6.45) is 0.769. The van der Waals surface area contributed by atoms with E-state index >= 15 is 0 Å². The molecule has 2 amide bonds. The van der Waals surface area contributed by atoms with Crippen LogP contribution in [0.4, 0.5) is 13.2 Å². The number of nitrogens with zero attached hydrogens (tertiary/aromatic N) is 1. The lowest BCUT2D eigenvalue weighted by Crippen LogP contribution is -2.38. The zero-order chi connectivity index (χ0) is 16.0. The number of hydrogen-bond donors (Lipinski definition) is 1. The first-order chi connectivity index (χ1) is 9.88. The lowest BCUT2D eigenvalue weighted by atomic mass is 10.2. The molecule has 0 aliphatic rings. The fraction of sp³-hybridized carbons (Fsp3) is 0.429. The Bertz CT molecular complexity index is 535. The largest absolute Gasteiger partial charge is 0.350 e. The van der Waals surface area contributed by atoms with Gasteiger partial charge in [0.15, 0.2) is 17.5 Å². The minimum Gasteiger partial charge on any atom is -0.350 e. The average Bonchev–Trinajstić information content (AvgIpc) is 2.43. The molecular weight excluding hydrogens is 285 g/mol. The van der Waals surface area contributed by atoms with Crippen molar-refractivity contribution >= 4 is 11.8 Å². The van der Waals surface area contributed by atoms with Gasteiger partial charge in [0.25, 0.3) is 5.91 Å². The molecule has 0 saturated carbocycles. The van der Waals surface area contributed by atoms with Crippen LogP contribution in [0.25, 0.3) is 0 Å². The van der Waals surface area contributed by atoms with Gasteiger partial charge in [-0.05, 0) is 18.6 Å². The molecule has 0 radical (unpaired) electrons. The molecule has 0 spiro atoms. The van der Waals surface area contributed by atoms with E-state index in [4.69, 9.17) is 0 Å². The highest BCUT2D eigenvalue weighted by Crippen LogP contribution is 2.14. The highest BCUT2D eigenvalue weighted by molar-refractivity contribution is 5.94. The lowest BCUT2D eigenvalue weighted by Gasteiger charge is -2.20. The number of benzene rings is 1. The Morgan fingerprint density at radius 1 is 1.14 bits per heavy atom. The fourth-order valence-corrected chi connectivity index (χ4v) is 1.80. The molecule has 21 heavy (non-hydrogen) atoms. The Labute approximate surface area is 120 Å². The third kappa shape index (κ3) is 4.47. The highest BCUT2D eigenvalue weighted by Gasteiger charge is 2.18. The molecule has 0 saturated heterocycles. The molecule has 0 unspecified atom stereocenters. The van der Waals surface area contributed by atoms with E-state index in [-0.39, 0.29) is 19.0 Å². The van der Waals surface area contributed by atoms with Crippen LogP contribution in [-0.4, -0.2) is 36.3 Å². The van der Waals surface area contributed by atoms with Gasteiger partial charge in [0.2, 0.25) is 5.91 Å². The second-order valence-corrected chi connectivity index (χ2v) is 4.48. The van der Waals surface area contributed by atoms with Gasteiger partial charge in [-0.1, -0.05) is 6.92 Å². The molecule has 0 atom stereocenters. The van der Waals surface area contributed by atoms with E-state index < -0.39 is 28.9 Å². The second-order valence-electron chi connectivity index (χ2n) is 4.48. The molecule has 1 rings (SSSR count). The van der Waals surface area contributed by atoms with E-state index in [0.717, 1.165) is 12.5 Å². The monoisotopic (exact) mass is 302 g/mol. The van der Waals surface area contributed by atoms with Crippen molar-refractivity contribution in [3.05, 3.63) is 35.1 Å². The van der Waals surface area contributed by atoms with E-state index in [9.17, 15) is 22.8 Å². The molecule has 0 aromatic heterocycles. The number of carbonyl (C=O) groups is 2. The van der Waals surface area contributed by atoms with Gasteiger partial charge in [0, 0.05) is 26.6 Å². The molecule has 0 fully saturated rings. The predicted octanol–water partition coefficient (Wildman–Crippen LogP) is 2.09.